The number of carbonyl (C=O) groups is 1. The summed E-state index contributed by atoms with van der Waals surface area (Å²) in [5.41, 5.74) is -0.451. The highest BCUT2D eigenvalue weighted by molar-refractivity contribution is 5.69. The maximum Gasteiger partial charge on any atom is 0.411 e. The Balaban J connectivity index is 2.61. The lowest BCUT2D eigenvalue weighted by atomic mass is 10.0. The van der Waals surface area contributed by atoms with Crippen LogP contribution < -0.4 is 0 Å². The van der Waals surface area contributed by atoms with Gasteiger partial charge in [-0.25, -0.2) is 4.79 Å². The lowest BCUT2D eigenvalue weighted by molar-refractivity contribution is 0.0158. The van der Waals surface area contributed by atoms with Crippen molar-refractivity contribution >= 4 is 6.09 Å². The van der Waals surface area contributed by atoms with Crippen molar-refractivity contribution in [1.29, 1.82) is 0 Å². The van der Waals surface area contributed by atoms with E-state index in [9.17, 15) is 4.79 Å². The van der Waals surface area contributed by atoms with Crippen LogP contribution in [0.5, 0.6) is 0 Å². The summed E-state index contributed by atoms with van der Waals surface area (Å²) in [6.45, 7) is 6.29. The third-order valence-electron chi connectivity index (χ3n) is 2.32. The maximum absolute atomic E-state index is 11.8. The molecule has 0 bridgehead atoms. The molecule has 0 spiro atoms. The topological polar surface area (TPSA) is 29.5 Å². The van der Waals surface area contributed by atoms with Crippen LogP contribution in [0.3, 0.4) is 0 Å². The van der Waals surface area contributed by atoms with E-state index in [1.54, 1.807) is 4.90 Å². The second-order valence-corrected chi connectivity index (χ2v) is 4.85. The van der Waals surface area contributed by atoms with Gasteiger partial charge in [-0.2, -0.15) is 0 Å². The van der Waals surface area contributed by atoms with Gasteiger partial charge in [0.05, 0.1) is 6.04 Å². The Morgan fingerprint density at radius 3 is 2.67 bits per heavy atom. The summed E-state index contributed by atoms with van der Waals surface area (Å²) >= 11 is 0. The Morgan fingerprint density at radius 1 is 1.47 bits per heavy atom. The number of hydrogen-bond donors (Lipinski definition) is 0. The van der Waals surface area contributed by atoms with Gasteiger partial charge < -0.3 is 4.74 Å². The maximum atomic E-state index is 11.8. The zero-order valence-corrected chi connectivity index (χ0v) is 9.75. The number of rotatable bonds is 0. The first-order valence-corrected chi connectivity index (χ1v) is 5.40. The predicted octanol–water partition coefficient (Wildman–Crippen LogP) is 2.41. The van der Waals surface area contributed by atoms with Gasteiger partial charge in [0.2, 0.25) is 0 Å². The average molecular weight is 209 g/mol. The molecule has 1 atom stereocenters. The molecule has 15 heavy (non-hydrogen) atoms. The molecule has 1 aliphatic heterocycles. The first kappa shape index (κ1) is 11.9. The molecule has 3 heteroatoms. The van der Waals surface area contributed by atoms with Crippen LogP contribution in [0, 0.1) is 12.3 Å². The molecule has 1 unspecified atom stereocenters. The van der Waals surface area contributed by atoms with Gasteiger partial charge >= 0.3 is 6.09 Å². The molecule has 84 valence electrons. The molecule has 1 rings (SSSR count). The first-order chi connectivity index (χ1) is 6.94. The molecule has 0 saturated carbocycles. The second kappa shape index (κ2) is 4.57. The number of ether oxygens (including phenoxy) is 1. The summed E-state index contributed by atoms with van der Waals surface area (Å²) in [6.07, 6.45) is 8.10. The fraction of sp³-hybridized carbons (Fsp3) is 0.750. The van der Waals surface area contributed by atoms with Crippen LogP contribution >= 0.6 is 0 Å². The van der Waals surface area contributed by atoms with E-state index in [1.165, 1.54) is 0 Å². The highest BCUT2D eigenvalue weighted by atomic mass is 16.6. The number of piperidine rings is 1. The monoisotopic (exact) mass is 209 g/mol. The van der Waals surface area contributed by atoms with E-state index in [-0.39, 0.29) is 12.1 Å². The zero-order chi connectivity index (χ0) is 11.5. The summed E-state index contributed by atoms with van der Waals surface area (Å²) in [7, 11) is 0. The van der Waals surface area contributed by atoms with Gasteiger partial charge in [-0.15, -0.1) is 6.42 Å². The number of nitrogens with zero attached hydrogens (tertiary/aromatic N) is 1. The Bertz CT molecular complexity index is 272. The Labute approximate surface area is 91.8 Å². The fourth-order valence-corrected chi connectivity index (χ4v) is 1.64. The summed E-state index contributed by atoms with van der Waals surface area (Å²) < 4.78 is 5.30. The minimum absolute atomic E-state index is 0.0893. The van der Waals surface area contributed by atoms with Gasteiger partial charge in [0.1, 0.15) is 5.60 Å². The van der Waals surface area contributed by atoms with Crippen molar-refractivity contribution in [3.8, 4) is 12.3 Å². The minimum atomic E-state index is -0.451. The molecule has 1 saturated heterocycles. The van der Waals surface area contributed by atoms with Gasteiger partial charge in [0.25, 0.3) is 0 Å². The molecular weight excluding hydrogens is 190 g/mol. The van der Waals surface area contributed by atoms with E-state index in [1.807, 2.05) is 20.8 Å². The van der Waals surface area contributed by atoms with Crippen LogP contribution in [0.25, 0.3) is 0 Å². The van der Waals surface area contributed by atoms with Gasteiger partial charge in [-0.3, -0.25) is 4.90 Å². The van der Waals surface area contributed by atoms with Crippen molar-refractivity contribution in [3.05, 3.63) is 0 Å². The molecule has 0 radical (unpaired) electrons. The zero-order valence-electron chi connectivity index (χ0n) is 9.75. The third-order valence-corrected chi connectivity index (χ3v) is 2.32. The van der Waals surface area contributed by atoms with Crippen molar-refractivity contribution in [3.63, 3.8) is 0 Å². The van der Waals surface area contributed by atoms with E-state index in [0.29, 0.717) is 6.54 Å². The van der Waals surface area contributed by atoms with E-state index in [2.05, 4.69) is 5.92 Å². The van der Waals surface area contributed by atoms with Crippen LogP contribution in [-0.4, -0.2) is 29.2 Å². The number of terminal acetylenes is 1. The lowest BCUT2D eigenvalue weighted by Gasteiger charge is -2.34. The van der Waals surface area contributed by atoms with Crippen molar-refractivity contribution in [2.75, 3.05) is 6.54 Å². The van der Waals surface area contributed by atoms with Gasteiger partial charge in [-0.1, -0.05) is 5.92 Å². The smallest absolute Gasteiger partial charge is 0.411 e. The van der Waals surface area contributed by atoms with Crippen LogP contribution in [0.1, 0.15) is 40.0 Å². The summed E-state index contributed by atoms with van der Waals surface area (Å²) in [5.74, 6) is 2.65. The number of amides is 1. The summed E-state index contributed by atoms with van der Waals surface area (Å²) in [5, 5.41) is 0. The van der Waals surface area contributed by atoms with E-state index >= 15 is 0 Å². The fourth-order valence-electron chi connectivity index (χ4n) is 1.64. The second-order valence-electron chi connectivity index (χ2n) is 4.85. The van der Waals surface area contributed by atoms with Crippen molar-refractivity contribution in [2.45, 2.75) is 51.7 Å². The van der Waals surface area contributed by atoms with Crippen molar-refractivity contribution < 1.29 is 9.53 Å². The van der Waals surface area contributed by atoms with Crippen LogP contribution in [-0.2, 0) is 4.74 Å². The van der Waals surface area contributed by atoms with Gasteiger partial charge in [0, 0.05) is 6.54 Å². The molecule has 3 nitrogen and oxygen atoms in total. The molecule has 1 heterocycles. The standard InChI is InChI=1S/C12H19NO2/c1-5-10-8-6-7-9-13(10)11(14)15-12(2,3)4/h1,10H,6-9H2,2-4H3. The van der Waals surface area contributed by atoms with Crippen LogP contribution in [0.15, 0.2) is 0 Å². The Morgan fingerprint density at radius 2 is 2.13 bits per heavy atom. The van der Waals surface area contributed by atoms with E-state index in [0.717, 1.165) is 19.3 Å². The quantitative estimate of drug-likeness (QED) is 0.573. The number of carbonyl (C=O) groups excluding carboxylic acids is 1. The summed E-state index contributed by atoms with van der Waals surface area (Å²) in [4.78, 5) is 13.5. The minimum Gasteiger partial charge on any atom is -0.444 e. The molecular formula is C12H19NO2. The molecule has 0 aromatic heterocycles. The SMILES string of the molecule is C#CC1CCCCN1C(=O)OC(C)(C)C. The highest BCUT2D eigenvalue weighted by Crippen LogP contribution is 2.19. The number of hydrogen-bond acceptors (Lipinski definition) is 2. The van der Waals surface area contributed by atoms with Crippen molar-refractivity contribution in [1.82, 2.24) is 4.90 Å². The van der Waals surface area contributed by atoms with E-state index < -0.39 is 5.60 Å². The van der Waals surface area contributed by atoms with E-state index in [4.69, 9.17) is 11.2 Å². The first-order valence-electron chi connectivity index (χ1n) is 5.40. The number of likely N-dealkylation sites (tertiary alicyclic amines) is 1. The molecule has 1 aliphatic rings. The largest absolute Gasteiger partial charge is 0.444 e. The predicted molar refractivity (Wildman–Crippen MR) is 59.4 cm³/mol. The molecule has 0 aliphatic carbocycles. The Kier molecular flexibility index (Phi) is 3.62. The van der Waals surface area contributed by atoms with Gasteiger partial charge in [-0.05, 0) is 40.0 Å². The van der Waals surface area contributed by atoms with Gasteiger partial charge in [0.15, 0.2) is 0 Å². The molecule has 0 aromatic carbocycles. The molecule has 1 amide bonds. The third kappa shape index (κ3) is 3.47. The Hall–Kier alpha value is -1.17. The lowest BCUT2D eigenvalue weighted by Crippen LogP contribution is -2.45. The normalized spacial score (nSPS) is 22.0. The van der Waals surface area contributed by atoms with Crippen LogP contribution in [0.2, 0.25) is 0 Å². The molecule has 1 fully saturated rings. The van der Waals surface area contributed by atoms with Crippen molar-refractivity contribution in [2.24, 2.45) is 0 Å². The average Bonchev–Trinajstić information content (AvgIpc) is 2.15. The molecule has 0 aromatic rings. The summed E-state index contributed by atoms with van der Waals surface area (Å²) in [6, 6.07) is -0.0893. The molecule has 0 N–H and O–H groups in total. The highest BCUT2D eigenvalue weighted by Gasteiger charge is 2.28. The van der Waals surface area contributed by atoms with Crippen LogP contribution in [0.4, 0.5) is 4.79 Å².